The summed E-state index contributed by atoms with van der Waals surface area (Å²) in [6.45, 7) is 4.04. The lowest BCUT2D eigenvalue weighted by Gasteiger charge is -2.13. The lowest BCUT2D eigenvalue weighted by Crippen LogP contribution is -2.34. The highest BCUT2D eigenvalue weighted by atomic mass is 16.5. The number of hydrogen-bond donors (Lipinski definition) is 3. The van der Waals surface area contributed by atoms with E-state index < -0.39 is 6.04 Å². The van der Waals surface area contributed by atoms with E-state index in [9.17, 15) is 4.79 Å². The highest BCUT2D eigenvalue weighted by Gasteiger charge is 2.15. The number of hydrogen-bond acceptors (Lipinski definition) is 4. The minimum absolute atomic E-state index is 0.0494. The topological polar surface area (TPSA) is 117 Å². The number of nitrogens with zero attached hydrogens (tertiary/aromatic N) is 1. The molecule has 0 aromatic heterocycles. The average Bonchev–Trinajstić information content (AvgIpc) is 2.10. The molecule has 0 amide bonds. The first-order valence-electron chi connectivity index (χ1n) is 4.95. The van der Waals surface area contributed by atoms with Gasteiger partial charge in [0.2, 0.25) is 0 Å². The van der Waals surface area contributed by atoms with Crippen molar-refractivity contribution in [1.29, 1.82) is 0 Å². The molecule has 88 valence electrons. The molecule has 0 aliphatic carbocycles. The highest BCUT2D eigenvalue weighted by Crippen LogP contribution is 2.00. The molecule has 6 nitrogen and oxygen atoms in total. The maximum Gasteiger partial charge on any atom is 0.323 e. The van der Waals surface area contributed by atoms with Crippen LogP contribution in [-0.2, 0) is 9.53 Å². The Bertz CT molecular complexity index is 224. The number of carbonyl (C=O) groups is 1. The molecule has 0 aliphatic heterocycles. The lowest BCUT2D eigenvalue weighted by molar-refractivity contribution is -0.149. The van der Waals surface area contributed by atoms with Crippen LogP contribution in [-0.4, -0.2) is 30.6 Å². The van der Waals surface area contributed by atoms with E-state index in [0.29, 0.717) is 19.4 Å². The summed E-state index contributed by atoms with van der Waals surface area (Å²) in [5, 5.41) is 0. The molecule has 0 aliphatic rings. The summed E-state index contributed by atoms with van der Waals surface area (Å²) in [7, 11) is 0. The zero-order valence-electron chi connectivity index (χ0n) is 9.27. The Kier molecular flexibility index (Phi) is 6.44. The molecule has 0 fully saturated rings. The summed E-state index contributed by atoms with van der Waals surface area (Å²) < 4.78 is 4.94. The Balaban J connectivity index is 3.69. The minimum Gasteiger partial charge on any atom is -0.462 e. The minimum atomic E-state index is -0.596. The number of guanidine groups is 1. The first kappa shape index (κ1) is 13.7. The Morgan fingerprint density at radius 1 is 1.40 bits per heavy atom. The second-order valence-electron chi connectivity index (χ2n) is 3.54. The predicted octanol–water partition coefficient (Wildman–Crippen LogP) is -0.681. The van der Waals surface area contributed by atoms with Crippen LogP contribution >= 0.6 is 0 Å². The number of rotatable bonds is 6. The van der Waals surface area contributed by atoms with Crippen molar-refractivity contribution >= 4 is 11.9 Å². The summed E-state index contributed by atoms with van der Waals surface area (Å²) in [5.41, 5.74) is 15.9. The second kappa shape index (κ2) is 7.05. The van der Waals surface area contributed by atoms with E-state index in [2.05, 4.69) is 4.99 Å². The van der Waals surface area contributed by atoms with Crippen LogP contribution in [0.1, 0.15) is 26.7 Å². The number of ether oxygens (including phenoxy) is 1. The molecule has 0 aromatic rings. The van der Waals surface area contributed by atoms with Crippen LogP contribution in [0.5, 0.6) is 0 Å². The Hall–Kier alpha value is -1.30. The van der Waals surface area contributed by atoms with Crippen LogP contribution in [0, 0.1) is 0 Å². The predicted molar refractivity (Wildman–Crippen MR) is 59.1 cm³/mol. The molecule has 0 rings (SSSR count). The SMILES string of the molecule is CC(C)OC(=O)C(N)CCCN=C(N)N. The molecule has 0 saturated heterocycles. The van der Waals surface area contributed by atoms with Crippen LogP contribution in [0.4, 0.5) is 0 Å². The van der Waals surface area contributed by atoms with E-state index in [1.807, 2.05) is 0 Å². The highest BCUT2D eigenvalue weighted by molar-refractivity contribution is 5.76. The monoisotopic (exact) mass is 216 g/mol. The lowest BCUT2D eigenvalue weighted by atomic mass is 10.2. The van der Waals surface area contributed by atoms with Crippen molar-refractivity contribution in [2.75, 3.05) is 6.54 Å². The van der Waals surface area contributed by atoms with E-state index in [-0.39, 0.29) is 18.0 Å². The summed E-state index contributed by atoms with van der Waals surface area (Å²) in [5.74, 6) is -0.331. The summed E-state index contributed by atoms with van der Waals surface area (Å²) >= 11 is 0. The summed E-state index contributed by atoms with van der Waals surface area (Å²) in [6, 6.07) is -0.596. The van der Waals surface area contributed by atoms with Gasteiger partial charge in [-0.2, -0.15) is 0 Å². The van der Waals surface area contributed by atoms with E-state index >= 15 is 0 Å². The molecule has 1 atom stereocenters. The molecule has 0 aromatic carbocycles. The van der Waals surface area contributed by atoms with Gasteiger partial charge in [-0.1, -0.05) is 0 Å². The first-order valence-corrected chi connectivity index (χ1v) is 4.95. The molecule has 0 radical (unpaired) electrons. The third-order valence-corrected chi connectivity index (χ3v) is 1.62. The number of carbonyl (C=O) groups excluding carboxylic acids is 1. The van der Waals surface area contributed by atoms with Gasteiger partial charge in [-0.05, 0) is 26.7 Å². The van der Waals surface area contributed by atoms with Gasteiger partial charge >= 0.3 is 5.97 Å². The third-order valence-electron chi connectivity index (χ3n) is 1.62. The van der Waals surface area contributed by atoms with Crippen LogP contribution in [0.3, 0.4) is 0 Å². The zero-order valence-corrected chi connectivity index (χ0v) is 9.27. The average molecular weight is 216 g/mol. The van der Waals surface area contributed by atoms with Gasteiger partial charge in [0.25, 0.3) is 0 Å². The standard InChI is InChI=1S/C9H20N4O2/c1-6(2)15-8(14)7(10)4-3-5-13-9(11)12/h6-7H,3-5,10H2,1-2H3,(H4,11,12,13). The first-order chi connectivity index (χ1) is 6.93. The molecule has 0 heterocycles. The van der Waals surface area contributed by atoms with Gasteiger partial charge in [0, 0.05) is 6.54 Å². The van der Waals surface area contributed by atoms with Gasteiger partial charge < -0.3 is 21.9 Å². The Labute approximate surface area is 89.8 Å². The van der Waals surface area contributed by atoms with Gasteiger partial charge in [-0.3, -0.25) is 9.79 Å². The van der Waals surface area contributed by atoms with E-state index in [1.54, 1.807) is 13.8 Å². The van der Waals surface area contributed by atoms with Gasteiger partial charge in [-0.25, -0.2) is 0 Å². The van der Waals surface area contributed by atoms with Crippen molar-refractivity contribution in [3.05, 3.63) is 0 Å². The molecule has 6 N–H and O–H groups in total. The summed E-state index contributed by atoms with van der Waals surface area (Å²) in [6.07, 6.45) is 1.04. The normalized spacial score (nSPS) is 12.3. The van der Waals surface area contributed by atoms with Crippen LogP contribution < -0.4 is 17.2 Å². The van der Waals surface area contributed by atoms with Crippen molar-refractivity contribution in [3.63, 3.8) is 0 Å². The molecule has 0 spiro atoms. The second-order valence-corrected chi connectivity index (χ2v) is 3.54. The van der Waals surface area contributed by atoms with Crippen LogP contribution in [0.2, 0.25) is 0 Å². The van der Waals surface area contributed by atoms with Gasteiger partial charge in [0.05, 0.1) is 6.10 Å². The summed E-state index contributed by atoms with van der Waals surface area (Å²) in [4.78, 5) is 15.0. The Morgan fingerprint density at radius 3 is 2.47 bits per heavy atom. The number of esters is 1. The van der Waals surface area contributed by atoms with Crippen molar-refractivity contribution in [3.8, 4) is 0 Å². The van der Waals surface area contributed by atoms with E-state index in [4.69, 9.17) is 21.9 Å². The Morgan fingerprint density at radius 2 is 2.00 bits per heavy atom. The molecule has 0 saturated carbocycles. The van der Waals surface area contributed by atoms with Crippen LogP contribution in [0.15, 0.2) is 4.99 Å². The largest absolute Gasteiger partial charge is 0.462 e. The van der Waals surface area contributed by atoms with Gasteiger partial charge in [0.15, 0.2) is 5.96 Å². The van der Waals surface area contributed by atoms with Crippen molar-refractivity contribution in [1.82, 2.24) is 0 Å². The fraction of sp³-hybridized carbons (Fsp3) is 0.778. The van der Waals surface area contributed by atoms with Crippen molar-refractivity contribution < 1.29 is 9.53 Å². The molecular formula is C9H20N4O2. The number of aliphatic imine (C=N–C) groups is 1. The van der Waals surface area contributed by atoms with Crippen molar-refractivity contribution in [2.24, 2.45) is 22.2 Å². The molecular weight excluding hydrogens is 196 g/mol. The van der Waals surface area contributed by atoms with Crippen LogP contribution in [0.25, 0.3) is 0 Å². The quantitative estimate of drug-likeness (QED) is 0.235. The number of nitrogens with two attached hydrogens (primary N) is 3. The maximum absolute atomic E-state index is 11.2. The van der Waals surface area contributed by atoms with Gasteiger partial charge in [-0.15, -0.1) is 0 Å². The molecule has 15 heavy (non-hydrogen) atoms. The maximum atomic E-state index is 11.2. The van der Waals surface area contributed by atoms with Gasteiger partial charge in [0.1, 0.15) is 6.04 Å². The molecule has 6 heteroatoms. The van der Waals surface area contributed by atoms with Crippen molar-refractivity contribution in [2.45, 2.75) is 38.8 Å². The van der Waals surface area contributed by atoms with E-state index in [1.165, 1.54) is 0 Å². The van der Waals surface area contributed by atoms with E-state index in [0.717, 1.165) is 0 Å². The molecule has 1 unspecified atom stereocenters. The smallest absolute Gasteiger partial charge is 0.323 e. The zero-order chi connectivity index (χ0) is 11.8. The molecule has 0 bridgehead atoms. The third kappa shape index (κ3) is 7.75. The fourth-order valence-corrected chi connectivity index (χ4v) is 0.957. The fourth-order valence-electron chi connectivity index (χ4n) is 0.957.